The summed E-state index contributed by atoms with van der Waals surface area (Å²) in [6.45, 7) is 5.79. The maximum Gasteiger partial charge on any atom is 0.194 e. The zero-order valence-electron chi connectivity index (χ0n) is 10.3. The minimum Gasteiger partial charge on any atom is -0.306 e. The van der Waals surface area contributed by atoms with Crippen molar-refractivity contribution in [2.45, 2.75) is 26.9 Å². The fraction of sp³-hybridized carbons (Fsp3) is 0.333. The van der Waals surface area contributed by atoms with Crippen molar-refractivity contribution in [3.8, 4) is 0 Å². The Labute approximate surface area is 113 Å². The molecule has 3 aromatic heterocycles. The topological polar surface area (TPSA) is 42.2 Å². The number of aryl methyl sites for hydroxylation is 2. The van der Waals surface area contributed by atoms with Crippen molar-refractivity contribution in [2.75, 3.05) is 0 Å². The van der Waals surface area contributed by atoms with E-state index in [0.29, 0.717) is 0 Å². The summed E-state index contributed by atoms with van der Waals surface area (Å²) in [7, 11) is 0. The maximum absolute atomic E-state index is 4.53. The van der Waals surface area contributed by atoms with Gasteiger partial charge in [0, 0.05) is 35.7 Å². The number of rotatable bonds is 4. The number of nitrogens with zero attached hydrogens (tertiary/aromatic N) is 3. The SMILES string of the molecule is Cc1ncc(CNCc2c(C)nc3sccn23)s1. The minimum atomic E-state index is 0.834. The van der Waals surface area contributed by atoms with E-state index in [1.165, 1.54) is 10.6 Å². The van der Waals surface area contributed by atoms with Crippen LogP contribution in [-0.4, -0.2) is 14.4 Å². The van der Waals surface area contributed by atoms with Crippen molar-refractivity contribution < 1.29 is 0 Å². The predicted molar refractivity (Wildman–Crippen MR) is 75.2 cm³/mol. The molecule has 94 valence electrons. The minimum absolute atomic E-state index is 0.834. The molecule has 0 saturated heterocycles. The zero-order valence-corrected chi connectivity index (χ0v) is 11.9. The van der Waals surface area contributed by atoms with Crippen molar-refractivity contribution in [1.29, 1.82) is 0 Å². The van der Waals surface area contributed by atoms with E-state index < -0.39 is 0 Å². The number of hydrogen-bond acceptors (Lipinski definition) is 5. The molecule has 3 heterocycles. The first-order valence-corrected chi connectivity index (χ1v) is 7.46. The Hall–Kier alpha value is -1.24. The van der Waals surface area contributed by atoms with Crippen LogP contribution in [0.15, 0.2) is 17.8 Å². The molecular weight excluding hydrogens is 264 g/mol. The predicted octanol–water partition coefficient (Wildman–Crippen LogP) is 2.76. The highest BCUT2D eigenvalue weighted by Gasteiger charge is 2.08. The van der Waals surface area contributed by atoms with Crippen molar-refractivity contribution in [1.82, 2.24) is 19.7 Å². The van der Waals surface area contributed by atoms with Crippen LogP contribution >= 0.6 is 22.7 Å². The molecule has 1 N–H and O–H groups in total. The van der Waals surface area contributed by atoms with Gasteiger partial charge in [-0.3, -0.25) is 4.40 Å². The summed E-state index contributed by atoms with van der Waals surface area (Å²) in [5, 5.41) is 6.64. The van der Waals surface area contributed by atoms with E-state index in [-0.39, 0.29) is 0 Å². The second-order valence-electron chi connectivity index (χ2n) is 4.15. The lowest BCUT2D eigenvalue weighted by molar-refractivity contribution is 0.678. The first-order valence-electron chi connectivity index (χ1n) is 5.77. The molecule has 3 rings (SSSR count). The largest absolute Gasteiger partial charge is 0.306 e. The number of hydrogen-bond donors (Lipinski definition) is 1. The summed E-state index contributed by atoms with van der Waals surface area (Å²) in [5.74, 6) is 0. The Bertz CT molecular complexity index is 665. The number of imidazole rings is 1. The lowest BCUT2D eigenvalue weighted by Crippen LogP contribution is -2.13. The van der Waals surface area contributed by atoms with Crippen LogP contribution in [-0.2, 0) is 13.1 Å². The van der Waals surface area contributed by atoms with Gasteiger partial charge in [0.05, 0.1) is 16.4 Å². The van der Waals surface area contributed by atoms with Gasteiger partial charge in [0.1, 0.15) is 0 Å². The molecule has 0 fully saturated rings. The van der Waals surface area contributed by atoms with Gasteiger partial charge in [0.25, 0.3) is 0 Å². The lowest BCUT2D eigenvalue weighted by Gasteiger charge is -2.03. The molecule has 18 heavy (non-hydrogen) atoms. The third kappa shape index (κ3) is 2.19. The van der Waals surface area contributed by atoms with Gasteiger partial charge in [-0.05, 0) is 13.8 Å². The zero-order chi connectivity index (χ0) is 12.5. The highest BCUT2D eigenvalue weighted by atomic mass is 32.1. The van der Waals surface area contributed by atoms with Crippen LogP contribution in [0.25, 0.3) is 4.96 Å². The molecule has 0 bridgehead atoms. The van der Waals surface area contributed by atoms with Gasteiger partial charge in [0.15, 0.2) is 4.96 Å². The highest BCUT2D eigenvalue weighted by molar-refractivity contribution is 7.15. The standard InChI is InChI=1S/C12H14N4S2/c1-8-11(16-3-4-17-12(16)15-8)7-13-5-10-6-14-9(2)18-10/h3-4,6,13H,5,7H2,1-2H3. The molecule has 4 nitrogen and oxygen atoms in total. The van der Waals surface area contributed by atoms with Gasteiger partial charge in [-0.2, -0.15) is 0 Å². The summed E-state index contributed by atoms with van der Waals surface area (Å²) in [4.78, 5) is 11.1. The first-order chi connectivity index (χ1) is 8.74. The van der Waals surface area contributed by atoms with Crippen molar-refractivity contribution in [3.63, 3.8) is 0 Å². The molecular formula is C12H14N4S2. The molecule has 0 amide bonds. The average molecular weight is 278 g/mol. The number of aromatic nitrogens is 3. The molecule has 0 aliphatic carbocycles. The van der Waals surface area contributed by atoms with E-state index in [4.69, 9.17) is 0 Å². The highest BCUT2D eigenvalue weighted by Crippen LogP contribution is 2.17. The fourth-order valence-electron chi connectivity index (χ4n) is 1.94. The molecule has 0 aliphatic rings. The molecule has 0 unspecified atom stereocenters. The Morgan fingerprint density at radius 1 is 1.33 bits per heavy atom. The molecule has 0 spiro atoms. The van der Waals surface area contributed by atoms with E-state index >= 15 is 0 Å². The van der Waals surface area contributed by atoms with Crippen LogP contribution in [0, 0.1) is 13.8 Å². The van der Waals surface area contributed by atoms with Gasteiger partial charge < -0.3 is 5.32 Å². The number of thiazole rings is 2. The second-order valence-corrected chi connectivity index (χ2v) is 6.34. The Morgan fingerprint density at radius 2 is 2.22 bits per heavy atom. The van der Waals surface area contributed by atoms with E-state index in [1.807, 2.05) is 13.1 Å². The Morgan fingerprint density at radius 3 is 3.00 bits per heavy atom. The van der Waals surface area contributed by atoms with Crippen LogP contribution in [0.2, 0.25) is 0 Å². The van der Waals surface area contributed by atoms with E-state index in [9.17, 15) is 0 Å². The van der Waals surface area contributed by atoms with Gasteiger partial charge >= 0.3 is 0 Å². The molecule has 3 aromatic rings. The van der Waals surface area contributed by atoms with Crippen LogP contribution in [0.4, 0.5) is 0 Å². The van der Waals surface area contributed by atoms with Crippen molar-refractivity contribution in [3.05, 3.63) is 39.0 Å². The molecule has 0 aromatic carbocycles. The van der Waals surface area contributed by atoms with Crippen LogP contribution in [0.5, 0.6) is 0 Å². The van der Waals surface area contributed by atoms with E-state index in [1.54, 1.807) is 22.7 Å². The monoisotopic (exact) mass is 278 g/mol. The maximum atomic E-state index is 4.53. The van der Waals surface area contributed by atoms with Gasteiger partial charge in [-0.25, -0.2) is 9.97 Å². The van der Waals surface area contributed by atoms with Crippen LogP contribution < -0.4 is 5.32 Å². The molecule has 0 radical (unpaired) electrons. The van der Waals surface area contributed by atoms with Crippen molar-refractivity contribution in [2.24, 2.45) is 0 Å². The molecule has 0 aliphatic heterocycles. The van der Waals surface area contributed by atoms with Crippen LogP contribution in [0.1, 0.15) is 21.3 Å². The average Bonchev–Trinajstić information content (AvgIpc) is 2.99. The van der Waals surface area contributed by atoms with Gasteiger partial charge in [0.2, 0.25) is 0 Å². The normalized spacial score (nSPS) is 11.4. The summed E-state index contributed by atoms with van der Waals surface area (Å²) in [5.41, 5.74) is 2.35. The third-order valence-corrected chi connectivity index (χ3v) is 4.49. The summed E-state index contributed by atoms with van der Waals surface area (Å²) in [6, 6.07) is 0. The van der Waals surface area contributed by atoms with Gasteiger partial charge in [-0.15, -0.1) is 22.7 Å². The van der Waals surface area contributed by atoms with E-state index in [2.05, 4.69) is 38.2 Å². The number of fused-ring (bicyclic) bond motifs is 1. The Balaban J connectivity index is 1.69. The Kier molecular flexibility index (Phi) is 3.15. The van der Waals surface area contributed by atoms with Crippen LogP contribution in [0.3, 0.4) is 0 Å². The quantitative estimate of drug-likeness (QED) is 0.798. The molecule has 0 atom stereocenters. The summed E-state index contributed by atoms with van der Waals surface area (Å²) in [6.07, 6.45) is 4.02. The van der Waals surface area contributed by atoms with Crippen molar-refractivity contribution >= 4 is 27.6 Å². The van der Waals surface area contributed by atoms with Gasteiger partial charge in [-0.1, -0.05) is 0 Å². The smallest absolute Gasteiger partial charge is 0.194 e. The lowest BCUT2D eigenvalue weighted by atomic mass is 10.3. The number of nitrogens with one attached hydrogen (secondary N) is 1. The first kappa shape index (κ1) is 11.8. The fourth-order valence-corrected chi connectivity index (χ4v) is 3.49. The second kappa shape index (κ2) is 4.79. The molecule has 0 saturated carbocycles. The molecule has 6 heteroatoms. The summed E-state index contributed by atoms with van der Waals surface area (Å²) < 4.78 is 2.16. The summed E-state index contributed by atoms with van der Waals surface area (Å²) >= 11 is 3.41. The van der Waals surface area contributed by atoms with E-state index in [0.717, 1.165) is 28.8 Å². The third-order valence-electron chi connectivity index (χ3n) is 2.82.